The van der Waals surface area contributed by atoms with Crippen molar-refractivity contribution in [1.82, 2.24) is 24.8 Å². The van der Waals surface area contributed by atoms with Crippen LogP contribution < -0.4 is 5.32 Å². The van der Waals surface area contributed by atoms with Crippen LogP contribution in [0.1, 0.15) is 48.5 Å². The average Bonchev–Trinajstić information content (AvgIpc) is 3.12. The quantitative estimate of drug-likeness (QED) is 0.708. The van der Waals surface area contributed by atoms with Crippen LogP contribution in [0.5, 0.6) is 0 Å². The Balaban J connectivity index is 1.47. The number of hydrogen-bond acceptors (Lipinski definition) is 7. The van der Waals surface area contributed by atoms with Gasteiger partial charge in [-0.1, -0.05) is 11.8 Å². The first-order chi connectivity index (χ1) is 13.6. The van der Waals surface area contributed by atoms with Crippen LogP contribution in [0.3, 0.4) is 0 Å². The molecule has 148 valence electrons. The highest BCUT2D eigenvalue weighted by Crippen LogP contribution is 2.36. The maximum absolute atomic E-state index is 12.6. The molecule has 0 spiro atoms. The molecule has 2 fully saturated rings. The van der Waals surface area contributed by atoms with E-state index in [0.29, 0.717) is 29.1 Å². The lowest BCUT2D eigenvalue weighted by Gasteiger charge is -2.16. The van der Waals surface area contributed by atoms with Gasteiger partial charge in [0.05, 0.1) is 30.0 Å². The highest BCUT2D eigenvalue weighted by molar-refractivity contribution is 7.99. The molecule has 0 bridgehead atoms. The normalized spacial score (nSPS) is 19.0. The Kier molecular flexibility index (Phi) is 5.37. The third kappa shape index (κ3) is 3.77. The summed E-state index contributed by atoms with van der Waals surface area (Å²) in [4.78, 5) is 12.6. The molecule has 0 radical (unpaired) electrons. The van der Waals surface area contributed by atoms with Crippen LogP contribution in [-0.4, -0.2) is 49.1 Å². The van der Waals surface area contributed by atoms with Crippen molar-refractivity contribution < 1.29 is 9.53 Å². The van der Waals surface area contributed by atoms with Gasteiger partial charge in [-0.2, -0.15) is 5.26 Å². The molecule has 9 nitrogen and oxygen atoms in total. The second-order valence-corrected chi connectivity index (χ2v) is 8.21. The number of hydrogen-bond donors (Lipinski definition) is 1. The second kappa shape index (κ2) is 7.93. The summed E-state index contributed by atoms with van der Waals surface area (Å²) in [5.74, 6) is 0.555. The van der Waals surface area contributed by atoms with Crippen molar-refractivity contribution in [3.8, 4) is 6.07 Å². The standard InChI is InChI=1S/C18H23N7O2S/c1-11-12(2)24(9-14-4-3-7-27-14)17(15(11)8-19)20-16(26)10-28-18-21-22-23-25(18)13-5-6-13/h13-14H,3-7,9-10H2,1-2H3,(H,20,26)/t14-/m0/s1. The van der Waals surface area contributed by atoms with E-state index in [1.807, 2.05) is 18.4 Å². The Morgan fingerprint density at radius 3 is 2.89 bits per heavy atom. The van der Waals surface area contributed by atoms with E-state index in [1.165, 1.54) is 11.8 Å². The zero-order valence-corrected chi connectivity index (χ0v) is 16.8. The van der Waals surface area contributed by atoms with Crippen LogP contribution in [0.4, 0.5) is 5.82 Å². The van der Waals surface area contributed by atoms with E-state index < -0.39 is 0 Å². The van der Waals surface area contributed by atoms with E-state index in [0.717, 1.165) is 43.5 Å². The lowest BCUT2D eigenvalue weighted by molar-refractivity contribution is -0.113. The number of ether oxygens (including phenoxy) is 1. The number of tetrazole rings is 1. The van der Waals surface area contributed by atoms with Gasteiger partial charge in [-0.25, -0.2) is 4.68 Å². The second-order valence-electron chi connectivity index (χ2n) is 7.27. The summed E-state index contributed by atoms with van der Waals surface area (Å²) in [6.07, 6.45) is 4.30. The molecule has 1 amide bonds. The summed E-state index contributed by atoms with van der Waals surface area (Å²) >= 11 is 1.31. The molecule has 3 heterocycles. The molecule has 2 aliphatic rings. The predicted octanol–water partition coefficient (Wildman–Crippen LogP) is 2.21. The van der Waals surface area contributed by atoms with Crippen molar-refractivity contribution in [3.63, 3.8) is 0 Å². The molecule has 1 saturated heterocycles. The van der Waals surface area contributed by atoms with Gasteiger partial charge >= 0.3 is 0 Å². The van der Waals surface area contributed by atoms with E-state index in [9.17, 15) is 10.1 Å². The van der Waals surface area contributed by atoms with Gasteiger partial charge in [0.15, 0.2) is 0 Å². The Labute approximate surface area is 167 Å². The van der Waals surface area contributed by atoms with Crippen LogP contribution in [-0.2, 0) is 16.1 Å². The van der Waals surface area contributed by atoms with Gasteiger partial charge < -0.3 is 14.6 Å². The van der Waals surface area contributed by atoms with Crippen LogP contribution in [0.15, 0.2) is 5.16 Å². The summed E-state index contributed by atoms with van der Waals surface area (Å²) in [6.45, 7) is 5.29. The molecule has 0 aromatic carbocycles. The van der Waals surface area contributed by atoms with Crippen LogP contribution in [0.2, 0.25) is 0 Å². The van der Waals surface area contributed by atoms with E-state index >= 15 is 0 Å². The molecule has 10 heteroatoms. The largest absolute Gasteiger partial charge is 0.376 e. The number of anilines is 1. The zero-order chi connectivity index (χ0) is 19.7. The van der Waals surface area contributed by atoms with Crippen molar-refractivity contribution >= 4 is 23.5 Å². The highest BCUT2D eigenvalue weighted by Gasteiger charge is 2.28. The van der Waals surface area contributed by atoms with Gasteiger partial charge in [-0.05, 0) is 55.5 Å². The minimum absolute atomic E-state index is 0.116. The molecule has 1 saturated carbocycles. The van der Waals surface area contributed by atoms with Gasteiger partial charge in [-0.3, -0.25) is 4.79 Å². The van der Waals surface area contributed by atoms with E-state index in [1.54, 1.807) is 4.68 Å². The van der Waals surface area contributed by atoms with Crippen LogP contribution in [0.25, 0.3) is 0 Å². The summed E-state index contributed by atoms with van der Waals surface area (Å²) in [5, 5.41) is 24.9. The summed E-state index contributed by atoms with van der Waals surface area (Å²) in [6, 6.07) is 2.60. The number of rotatable bonds is 7. The van der Waals surface area contributed by atoms with E-state index in [2.05, 4.69) is 26.9 Å². The molecular formula is C18H23N7O2S. The Hall–Kier alpha value is -2.38. The van der Waals surface area contributed by atoms with Gasteiger partial charge in [0.25, 0.3) is 0 Å². The fourth-order valence-corrected chi connectivity index (χ4v) is 4.22. The lowest BCUT2D eigenvalue weighted by atomic mass is 10.2. The number of amides is 1. The summed E-state index contributed by atoms with van der Waals surface area (Å²) in [5.41, 5.74) is 2.38. The topological polar surface area (TPSA) is 111 Å². The minimum Gasteiger partial charge on any atom is -0.376 e. The van der Waals surface area contributed by atoms with Crippen LogP contribution >= 0.6 is 11.8 Å². The van der Waals surface area contributed by atoms with Gasteiger partial charge in [0.2, 0.25) is 11.1 Å². The molecule has 1 aliphatic carbocycles. The summed E-state index contributed by atoms with van der Waals surface area (Å²) < 4.78 is 9.53. The van der Waals surface area contributed by atoms with Gasteiger partial charge in [0.1, 0.15) is 11.9 Å². The van der Waals surface area contributed by atoms with Crippen molar-refractivity contribution in [1.29, 1.82) is 5.26 Å². The number of carbonyl (C=O) groups is 1. The fourth-order valence-electron chi connectivity index (χ4n) is 3.48. The first-order valence-electron chi connectivity index (χ1n) is 9.50. The molecule has 1 atom stereocenters. The average molecular weight is 401 g/mol. The van der Waals surface area contributed by atoms with Gasteiger partial charge in [-0.15, -0.1) is 5.10 Å². The number of nitrogens with zero attached hydrogens (tertiary/aromatic N) is 6. The zero-order valence-electron chi connectivity index (χ0n) is 16.0. The molecule has 4 rings (SSSR count). The van der Waals surface area contributed by atoms with E-state index in [-0.39, 0.29) is 17.8 Å². The Morgan fingerprint density at radius 1 is 1.39 bits per heavy atom. The fraction of sp³-hybridized carbons (Fsp3) is 0.611. The minimum atomic E-state index is -0.182. The van der Waals surface area contributed by atoms with Crippen molar-refractivity contribution in [2.75, 3.05) is 17.7 Å². The van der Waals surface area contributed by atoms with Crippen LogP contribution in [0, 0.1) is 25.2 Å². The van der Waals surface area contributed by atoms with Crippen molar-refractivity contribution in [2.45, 2.75) is 63.4 Å². The molecule has 1 aliphatic heterocycles. The first kappa shape index (κ1) is 19.0. The molecule has 28 heavy (non-hydrogen) atoms. The third-order valence-corrected chi connectivity index (χ3v) is 6.23. The monoisotopic (exact) mass is 401 g/mol. The lowest BCUT2D eigenvalue weighted by Crippen LogP contribution is -2.22. The van der Waals surface area contributed by atoms with Gasteiger partial charge in [0, 0.05) is 12.3 Å². The number of carbonyl (C=O) groups excluding carboxylic acids is 1. The molecule has 2 aromatic heterocycles. The third-order valence-electron chi connectivity index (χ3n) is 5.30. The summed E-state index contributed by atoms with van der Waals surface area (Å²) in [7, 11) is 0. The smallest absolute Gasteiger partial charge is 0.235 e. The number of aromatic nitrogens is 5. The molecule has 1 N–H and O–H groups in total. The van der Waals surface area contributed by atoms with Crippen molar-refractivity contribution in [2.24, 2.45) is 0 Å². The number of thioether (sulfide) groups is 1. The molecule has 2 aromatic rings. The predicted molar refractivity (Wildman–Crippen MR) is 103 cm³/mol. The molecular weight excluding hydrogens is 378 g/mol. The Morgan fingerprint density at radius 2 is 2.21 bits per heavy atom. The number of nitrogens with one attached hydrogen (secondary N) is 1. The Bertz CT molecular complexity index is 919. The first-order valence-corrected chi connectivity index (χ1v) is 10.5. The maximum atomic E-state index is 12.6. The maximum Gasteiger partial charge on any atom is 0.235 e. The number of nitriles is 1. The molecule has 0 unspecified atom stereocenters. The SMILES string of the molecule is Cc1c(C#N)c(NC(=O)CSc2nnnn2C2CC2)n(C[C@@H]2CCCO2)c1C. The highest BCUT2D eigenvalue weighted by atomic mass is 32.2. The van der Waals surface area contributed by atoms with E-state index in [4.69, 9.17) is 4.74 Å². The van der Waals surface area contributed by atoms with Crippen molar-refractivity contribution in [3.05, 3.63) is 16.8 Å².